The summed E-state index contributed by atoms with van der Waals surface area (Å²) in [4.78, 5) is 36.9. The van der Waals surface area contributed by atoms with Crippen molar-refractivity contribution >= 4 is 40.0 Å². The van der Waals surface area contributed by atoms with Crippen molar-refractivity contribution in [1.82, 2.24) is 19.4 Å². The van der Waals surface area contributed by atoms with Gasteiger partial charge < -0.3 is 25.4 Å². The number of rotatable bonds is 6. The largest absolute Gasteiger partial charge is 0.368 e. The third-order valence-electron chi connectivity index (χ3n) is 6.10. The molecule has 1 saturated heterocycles. The Hall–Kier alpha value is -4.66. The number of carbonyl (C=O) groups is 2. The number of fused-ring (bicyclic) bond motifs is 1. The molecule has 1 fully saturated rings. The summed E-state index contributed by atoms with van der Waals surface area (Å²) in [6.07, 6.45) is 4.74. The van der Waals surface area contributed by atoms with Crippen molar-refractivity contribution in [3.8, 4) is 5.82 Å². The number of benzene rings is 2. The molecule has 0 unspecified atom stereocenters. The zero-order valence-electron chi connectivity index (χ0n) is 19.1. The summed E-state index contributed by atoms with van der Waals surface area (Å²) < 4.78 is 1.84. The topological polar surface area (TPSA) is 109 Å². The van der Waals surface area contributed by atoms with Crippen LogP contribution in [0.1, 0.15) is 10.4 Å². The molecule has 2 amide bonds. The summed E-state index contributed by atoms with van der Waals surface area (Å²) in [5.74, 6) is 0.527. The Morgan fingerprint density at radius 2 is 1.83 bits per heavy atom. The SMILES string of the molecule is C=CC(=O)N1CCN(c2cccc(Nc3nccc(-n4cc(C(N)=O)c5ccccc54)n3)c2)CC1. The Kier molecular flexibility index (Phi) is 5.88. The van der Waals surface area contributed by atoms with Crippen molar-refractivity contribution in [3.63, 3.8) is 0 Å². The first-order valence-corrected chi connectivity index (χ1v) is 11.3. The first kappa shape index (κ1) is 22.1. The number of piperazine rings is 1. The number of hydrogen-bond acceptors (Lipinski definition) is 6. The second-order valence-corrected chi connectivity index (χ2v) is 8.22. The number of nitrogens with zero attached hydrogens (tertiary/aromatic N) is 5. The smallest absolute Gasteiger partial charge is 0.250 e. The average Bonchev–Trinajstić information content (AvgIpc) is 3.29. The quantitative estimate of drug-likeness (QED) is 0.422. The Morgan fingerprint density at radius 3 is 2.60 bits per heavy atom. The second kappa shape index (κ2) is 9.30. The van der Waals surface area contributed by atoms with E-state index in [1.54, 1.807) is 23.4 Å². The lowest BCUT2D eigenvalue weighted by Gasteiger charge is -2.35. The molecule has 0 bridgehead atoms. The van der Waals surface area contributed by atoms with Gasteiger partial charge in [-0.25, -0.2) is 4.98 Å². The molecule has 35 heavy (non-hydrogen) atoms. The molecule has 9 nitrogen and oxygen atoms in total. The number of primary amides is 1. The maximum Gasteiger partial charge on any atom is 0.250 e. The molecular weight excluding hydrogens is 442 g/mol. The molecule has 3 N–H and O–H groups in total. The highest BCUT2D eigenvalue weighted by Gasteiger charge is 2.20. The molecule has 0 aliphatic carbocycles. The number of carbonyl (C=O) groups excluding carboxylic acids is 2. The standard InChI is InChI=1S/C26H25N7O2/c1-2-24(34)32-14-12-31(13-15-32)19-7-5-6-18(16-19)29-26-28-11-10-23(30-26)33-17-21(25(27)35)20-8-3-4-9-22(20)33/h2-11,16-17H,1,12-15H2,(H2,27,35)(H,28,29,30). The lowest BCUT2D eigenvalue weighted by Crippen LogP contribution is -2.48. The van der Waals surface area contributed by atoms with Gasteiger partial charge in [-0.15, -0.1) is 0 Å². The van der Waals surface area contributed by atoms with Crippen LogP contribution in [0.2, 0.25) is 0 Å². The van der Waals surface area contributed by atoms with Crippen molar-refractivity contribution in [2.75, 3.05) is 36.4 Å². The third kappa shape index (κ3) is 4.43. The minimum atomic E-state index is -0.487. The first-order chi connectivity index (χ1) is 17.0. The highest BCUT2D eigenvalue weighted by atomic mass is 16.2. The van der Waals surface area contributed by atoms with Crippen LogP contribution in [-0.2, 0) is 4.79 Å². The number of aromatic nitrogens is 3. The van der Waals surface area contributed by atoms with Gasteiger partial charge in [0.15, 0.2) is 0 Å². The Morgan fingerprint density at radius 1 is 1.03 bits per heavy atom. The molecule has 1 aliphatic rings. The van der Waals surface area contributed by atoms with Gasteiger partial charge in [0, 0.05) is 55.3 Å². The van der Waals surface area contributed by atoms with E-state index in [9.17, 15) is 9.59 Å². The normalized spacial score (nSPS) is 13.6. The Bertz CT molecular complexity index is 1420. The van der Waals surface area contributed by atoms with E-state index in [0.717, 1.165) is 35.4 Å². The number of hydrogen-bond donors (Lipinski definition) is 2. The molecule has 5 rings (SSSR count). The van der Waals surface area contributed by atoms with Gasteiger partial charge in [-0.1, -0.05) is 30.8 Å². The zero-order valence-corrected chi connectivity index (χ0v) is 19.1. The Balaban J connectivity index is 1.37. The minimum absolute atomic E-state index is 0.0319. The van der Waals surface area contributed by atoms with Crippen LogP contribution in [0.15, 0.2) is 79.6 Å². The van der Waals surface area contributed by atoms with Crippen LogP contribution in [-0.4, -0.2) is 57.4 Å². The molecule has 0 spiro atoms. The molecule has 0 saturated carbocycles. The summed E-state index contributed by atoms with van der Waals surface area (Å²) in [5, 5.41) is 4.05. The van der Waals surface area contributed by atoms with E-state index >= 15 is 0 Å². The fraction of sp³-hybridized carbons (Fsp3) is 0.154. The highest BCUT2D eigenvalue weighted by Crippen LogP contribution is 2.26. The number of para-hydroxylation sites is 1. The molecule has 3 heterocycles. The number of nitrogens with two attached hydrogens (primary N) is 1. The summed E-state index contributed by atoms with van der Waals surface area (Å²) in [6.45, 7) is 6.38. The van der Waals surface area contributed by atoms with Crippen molar-refractivity contribution in [3.05, 3.63) is 85.2 Å². The predicted molar refractivity (Wildman–Crippen MR) is 136 cm³/mol. The van der Waals surface area contributed by atoms with Crippen molar-refractivity contribution < 1.29 is 9.59 Å². The third-order valence-corrected chi connectivity index (χ3v) is 6.10. The lowest BCUT2D eigenvalue weighted by atomic mass is 10.2. The van der Waals surface area contributed by atoms with E-state index in [2.05, 4.69) is 26.8 Å². The van der Waals surface area contributed by atoms with Crippen LogP contribution < -0.4 is 16.0 Å². The predicted octanol–water partition coefficient (Wildman–Crippen LogP) is 3.10. The van der Waals surface area contributed by atoms with Crippen LogP contribution in [0.25, 0.3) is 16.7 Å². The van der Waals surface area contributed by atoms with Crippen molar-refractivity contribution in [2.24, 2.45) is 5.73 Å². The van der Waals surface area contributed by atoms with E-state index in [0.29, 0.717) is 30.4 Å². The van der Waals surface area contributed by atoms with E-state index in [4.69, 9.17) is 5.73 Å². The van der Waals surface area contributed by atoms with Gasteiger partial charge >= 0.3 is 0 Å². The van der Waals surface area contributed by atoms with E-state index in [-0.39, 0.29) is 5.91 Å². The van der Waals surface area contributed by atoms with Gasteiger partial charge in [-0.3, -0.25) is 9.59 Å². The lowest BCUT2D eigenvalue weighted by molar-refractivity contribution is -0.126. The molecule has 2 aromatic heterocycles. The molecule has 4 aromatic rings. The first-order valence-electron chi connectivity index (χ1n) is 11.3. The molecule has 0 radical (unpaired) electrons. The van der Waals surface area contributed by atoms with Crippen molar-refractivity contribution in [1.29, 1.82) is 0 Å². The number of amides is 2. The zero-order chi connectivity index (χ0) is 24.4. The Labute approximate surface area is 202 Å². The monoisotopic (exact) mass is 467 g/mol. The van der Waals surface area contributed by atoms with E-state index < -0.39 is 5.91 Å². The summed E-state index contributed by atoms with van der Waals surface area (Å²) >= 11 is 0. The van der Waals surface area contributed by atoms with Gasteiger partial charge in [0.2, 0.25) is 11.9 Å². The minimum Gasteiger partial charge on any atom is -0.368 e. The summed E-state index contributed by atoms with van der Waals surface area (Å²) in [7, 11) is 0. The fourth-order valence-electron chi connectivity index (χ4n) is 4.33. The highest BCUT2D eigenvalue weighted by molar-refractivity contribution is 6.06. The van der Waals surface area contributed by atoms with Gasteiger partial charge in [-0.2, -0.15) is 4.98 Å². The molecule has 9 heteroatoms. The summed E-state index contributed by atoms with van der Waals surface area (Å²) in [6, 6.07) is 17.4. The van der Waals surface area contributed by atoms with Crippen LogP contribution in [0, 0.1) is 0 Å². The molecule has 1 aliphatic heterocycles. The maximum absolute atomic E-state index is 11.9. The fourth-order valence-corrected chi connectivity index (χ4v) is 4.33. The second-order valence-electron chi connectivity index (χ2n) is 8.22. The van der Waals surface area contributed by atoms with Gasteiger partial charge in [-0.05, 0) is 36.4 Å². The average molecular weight is 468 g/mol. The van der Waals surface area contributed by atoms with Crippen molar-refractivity contribution in [2.45, 2.75) is 0 Å². The van der Waals surface area contributed by atoms with Gasteiger partial charge in [0.05, 0.1) is 11.1 Å². The van der Waals surface area contributed by atoms with Crippen LogP contribution in [0.5, 0.6) is 0 Å². The summed E-state index contributed by atoms with van der Waals surface area (Å²) in [5.41, 5.74) is 8.76. The number of nitrogens with one attached hydrogen (secondary N) is 1. The molecule has 2 aromatic carbocycles. The van der Waals surface area contributed by atoms with Crippen LogP contribution in [0.4, 0.5) is 17.3 Å². The molecule has 0 atom stereocenters. The number of anilines is 3. The van der Waals surface area contributed by atoms with E-state index in [1.165, 1.54) is 6.08 Å². The van der Waals surface area contributed by atoms with Gasteiger partial charge in [0.1, 0.15) is 5.82 Å². The van der Waals surface area contributed by atoms with Gasteiger partial charge in [0.25, 0.3) is 5.91 Å². The molecular formula is C26H25N7O2. The molecule has 176 valence electrons. The maximum atomic E-state index is 11.9. The van der Waals surface area contributed by atoms with E-state index in [1.807, 2.05) is 53.1 Å². The van der Waals surface area contributed by atoms with Crippen LogP contribution >= 0.6 is 0 Å². The van der Waals surface area contributed by atoms with Crippen LogP contribution in [0.3, 0.4) is 0 Å².